The number of nitro groups is 1. The van der Waals surface area contributed by atoms with Crippen LogP contribution in [0.2, 0.25) is 0 Å². The van der Waals surface area contributed by atoms with Gasteiger partial charge in [-0.25, -0.2) is 15.6 Å². The molecule has 0 aliphatic rings. The number of nitrogen functional groups attached to an aromatic ring is 1. The molecule has 0 atom stereocenters. The largest absolute Gasteiger partial charge is 0.478 e. The van der Waals surface area contributed by atoms with Crippen LogP contribution in [0.1, 0.15) is 10.4 Å². The molecule has 0 aliphatic carbocycles. The minimum absolute atomic E-state index is 0.181. The number of pyridine rings is 1. The van der Waals surface area contributed by atoms with Gasteiger partial charge in [0.1, 0.15) is 0 Å². The number of nitrogens with one attached hydrogen (secondary N) is 1. The molecule has 8 nitrogen and oxygen atoms in total. The van der Waals surface area contributed by atoms with Gasteiger partial charge in [0.2, 0.25) is 5.82 Å². The number of aromatic nitrogens is 1. The molecular formula is C6H6N4O4. The monoisotopic (exact) mass is 198 g/mol. The Morgan fingerprint density at radius 3 is 2.79 bits per heavy atom. The van der Waals surface area contributed by atoms with Crippen molar-refractivity contribution in [3.8, 4) is 0 Å². The highest BCUT2D eigenvalue weighted by Gasteiger charge is 2.17. The minimum Gasteiger partial charge on any atom is -0.478 e. The molecule has 0 saturated carbocycles. The summed E-state index contributed by atoms with van der Waals surface area (Å²) < 4.78 is 0. The Bertz CT molecular complexity index is 391. The molecule has 0 saturated heterocycles. The molecule has 14 heavy (non-hydrogen) atoms. The van der Waals surface area contributed by atoms with Crippen LogP contribution < -0.4 is 11.3 Å². The molecule has 1 rings (SSSR count). The van der Waals surface area contributed by atoms with Gasteiger partial charge >= 0.3 is 11.7 Å². The molecule has 1 heterocycles. The first kappa shape index (κ1) is 9.86. The molecule has 0 fully saturated rings. The maximum absolute atomic E-state index is 10.5. The van der Waals surface area contributed by atoms with Crippen LogP contribution in [0.4, 0.5) is 11.5 Å². The predicted octanol–water partition coefficient (Wildman–Crippen LogP) is -0.0264. The summed E-state index contributed by atoms with van der Waals surface area (Å²) in [4.78, 5) is 23.6. The van der Waals surface area contributed by atoms with Gasteiger partial charge in [-0.05, 0) is 0 Å². The van der Waals surface area contributed by atoms with E-state index >= 15 is 0 Å². The van der Waals surface area contributed by atoms with Crippen LogP contribution in [0, 0.1) is 10.1 Å². The Kier molecular flexibility index (Phi) is 2.58. The summed E-state index contributed by atoms with van der Waals surface area (Å²) in [6.07, 6.45) is 0.977. The van der Waals surface area contributed by atoms with E-state index in [2.05, 4.69) is 4.98 Å². The van der Waals surface area contributed by atoms with E-state index in [1.54, 1.807) is 0 Å². The Morgan fingerprint density at radius 1 is 1.71 bits per heavy atom. The predicted molar refractivity (Wildman–Crippen MR) is 45.7 cm³/mol. The highest BCUT2D eigenvalue weighted by molar-refractivity contribution is 5.88. The van der Waals surface area contributed by atoms with Crippen LogP contribution >= 0.6 is 0 Å². The average molecular weight is 198 g/mol. The van der Waals surface area contributed by atoms with Crippen LogP contribution in [-0.4, -0.2) is 21.0 Å². The Hall–Kier alpha value is -2.22. The van der Waals surface area contributed by atoms with E-state index in [0.717, 1.165) is 12.3 Å². The summed E-state index contributed by atoms with van der Waals surface area (Å²) in [5, 5.41) is 19.0. The van der Waals surface area contributed by atoms with Crippen LogP contribution in [0.15, 0.2) is 12.3 Å². The number of hydrazine groups is 1. The van der Waals surface area contributed by atoms with E-state index in [1.165, 1.54) is 0 Å². The highest BCUT2D eigenvalue weighted by Crippen LogP contribution is 2.21. The third-order valence-electron chi connectivity index (χ3n) is 1.45. The fourth-order valence-electron chi connectivity index (χ4n) is 0.820. The second-order valence-electron chi connectivity index (χ2n) is 2.30. The molecule has 8 heteroatoms. The molecule has 0 bridgehead atoms. The fourth-order valence-corrected chi connectivity index (χ4v) is 0.820. The number of carbonyl (C=O) groups is 1. The summed E-state index contributed by atoms with van der Waals surface area (Å²) >= 11 is 0. The molecule has 0 radical (unpaired) electrons. The van der Waals surface area contributed by atoms with E-state index < -0.39 is 16.6 Å². The average Bonchev–Trinajstić information content (AvgIpc) is 2.16. The third kappa shape index (κ3) is 1.75. The van der Waals surface area contributed by atoms with Crippen LogP contribution in [0.25, 0.3) is 0 Å². The van der Waals surface area contributed by atoms with Crippen molar-refractivity contribution in [2.45, 2.75) is 0 Å². The van der Waals surface area contributed by atoms with Crippen molar-refractivity contribution in [1.29, 1.82) is 0 Å². The van der Waals surface area contributed by atoms with Crippen molar-refractivity contribution in [3.63, 3.8) is 0 Å². The van der Waals surface area contributed by atoms with Gasteiger partial charge in [0, 0.05) is 12.3 Å². The molecule has 74 valence electrons. The molecular weight excluding hydrogens is 192 g/mol. The first-order valence-electron chi connectivity index (χ1n) is 3.40. The Labute approximate surface area is 77.5 Å². The van der Waals surface area contributed by atoms with Crippen molar-refractivity contribution in [1.82, 2.24) is 4.98 Å². The smallest absolute Gasteiger partial charge is 0.337 e. The third-order valence-corrected chi connectivity index (χ3v) is 1.45. The van der Waals surface area contributed by atoms with E-state index in [9.17, 15) is 14.9 Å². The number of nitrogens with zero attached hydrogens (tertiary/aromatic N) is 2. The van der Waals surface area contributed by atoms with Gasteiger partial charge in [-0.2, -0.15) is 0 Å². The molecule has 0 spiro atoms. The molecule has 4 N–H and O–H groups in total. The van der Waals surface area contributed by atoms with Crippen molar-refractivity contribution in [2.75, 3.05) is 5.43 Å². The van der Waals surface area contributed by atoms with Crippen molar-refractivity contribution >= 4 is 17.5 Å². The summed E-state index contributed by atoms with van der Waals surface area (Å²) in [6, 6.07) is 0.879. The fraction of sp³-hybridized carbons (Fsp3) is 0. The molecule has 0 amide bonds. The molecule has 1 aromatic rings. The maximum atomic E-state index is 10.5. The SMILES string of the molecule is NNc1ncc(C(=O)O)cc1[N+](=O)[O-]. The van der Waals surface area contributed by atoms with Gasteiger partial charge in [0.25, 0.3) is 0 Å². The van der Waals surface area contributed by atoms with Gasteiger partial charge in [0.05, 0.1) is 10.5 Å². The van der Waals surface area contributed by atoms with Crippen molar-refractivity contribution < 1.29 is 14.8 Å². The minimum atomic E-state index is -1.29. The van der Waals surface area contributed by atoms with Crippen LogP contribution in [0.5, 0.6) is 0 Å². The Balaban J connectivity index is 3.27. The van der Waals surface area contributed by atoms with E-state index in [-0.39, 0.29) is 11.4 Å². The number of carboxylic acid groups (broad SMARTS) is 1. The number of hydrogen-bond donors (Lipinski definition) is 3. The van der Waals surface area contributed by atoms with E-state index in [4.69, 9.17) is 10.9 Å². The molecule has 0 aliphatic heterocycles. The second kappa shape index (κ2) is 3.66. The topological polar surface area (TPSA) is 131 Å². The lowest BCUT2D eigenvalue weighted by Gasteiger charge is -2.00. The van der Waals surface area contributed by atoms with E-state index in [0.29, 0.717) is 0 Å². The summed E-state index contributed by atoms with van der Waals surface area (Å²) in [5.41, 5.74) is 1.25. The van der Waals surface area contributed by atoms with Crippen LogP contribution in [0.3, 0.4) is 0 Å². The first-order valence-corrected chi connectivity index (χ1v) is 3.40. The summed E-state index contributed by atoms with van der Waals surface area (Å²) in [5.74, 6) is 3.48. The lowest BCUT2D eigenvalue weighted by molar-refractivity contribution is -0.384. The number of nitrogens with two attached hydrogens (primary N) is 1. The normalized spacial score (nSPS) is 9.50. The van der Waals surface area contributed by atoms with Gasteiger partial charge in [0.15, 0.2) is 0 Å². The standard InChI is InChI=1S/C6H6N4O4/c7-9-5-4(10(13)14)1-3(2-8-5)6(11)12/h1-2H,7H2,(H,8,9)(H,11,12). The quantitative estimate of drug-likeness (QED) is 0.353. The summed E-state index contributed by atoms with van der Waals surface area (Å²) in [7, 11) is 0. The van der Waals surface area contributed by atoms with Gasteiger partial charge in [-0.3, -0.25) is 10.1 Å². The zero-order valence-corrected chi connectivity index (χ0v) is 6.80. The van der Waals surface area contributed by atoms with Gasteiger partial charge < -0.3 is 10.5 Å². The lowest BCUT2D eigenvalue weighted by Crippen LogP contribution is -2.12. The molecule has 0 aromatic carbocycles. The van der Waals surface area contributed by atoms with Crippen LogP contribution in [-0.2, 0) is 0 Å². The summed E-state index contributed by atoms with van der Waals surface area (Å²) in [6.45, 7) is 0. The zero-order valence-electron chi connectivity index (χ0n) is 6.80. The number of aromatic carboxylic acids is 1. The number of carboxylic acids is 1. The number of rotatable bonds is 3. The van der Waals surface area contributed by atoms with Gasteiger partial charge in [-0.15, -0.1) is 0 Å². The second-order valence-corrected chi connectivity index (χ2v) is 2.30. The maximum Gasteiger partial charge on any atom is 0.337 e. The number of anilines is 1. The van der Waals surface area contributed by atoms with Gasteiger partial charge in [-0.1, -0.05) is 0 Å². The zero-order chi connectivity index (χ0) is 10.7. The number of hydrogen-bond acceptors (Lipinski definition) is 6. The molecule has 1 aromatic heterocycles. The first-order chi connectivity index (χ1) is 6.56. The van der Waals surface area contributed by atoms with Crippen molar-refractivity contribution in [2.24, 2.45) is 5.84 Å². The molecule has 0 unspecified atom stereocenters. The highest BCUT2D eigenvalue weighted by atomic mass is 16.6. The van der Waals surface area contributed by atoms with Crippen molar-refractivity contribution in [3.05, 3.63) is 27.9 Å². The van der Waals surface area contributed by atoms with E-state index in [1.807, 2.05) is 5.43 Å². The Morgan fingerprint density at radius 2 is 2.36 bits per heavy atom. The lowest BCUT2D eigenvalue weighted by atomic mass is 10.2.